The Kier molecular flexibility index (Phi) is 3.32. The minimum Gasteiger partial charge on any atom is -0.437 e. The topological polar surface area (TPSA) is 29.9 Å². The number of nitrogens with zero attached hydrogens (tertiary/aromatic N) is 2. The van der Waals surface area contributed by atoms with Crippen LogP contribution in [0.4, 0.5) is 0 Å². The molecule has 0 N–H and O–H groups in total. The van der Waals surface area contributed by atoms with Crippen molar-refractivity contribution in [2.24, 2.45) is 7.05 Å². The van der Waals surface area contributed by atoms with Crippen molar-refractivity contribution in [1.29, 1.82) is 0 Å². The van der Waals surface area contributed by atoms with Gasteiger partial charge in [-0.2, -0.15) is 0 Å². The highest BCUT2D eigenvalue weighted by Gasteiger charge is 2.18. The Morgan fingerprint density at radius 2 is 1.62 bits per heavy atom. The highest BCUT2D eigenvalue weighted by molar-refractivity contribution is 6.07. The van der Waals surface area contributed by atoms with Crippen LogP contribution in [0.25, 0.3) is 44.5 Å². The van der Waals surface area contributed by atoms with Gasteiger partial charge in [0, 0.05) is 28.6 Å². The lowest BCUT2D eigenvalue weighted by atomic mass is 10.0. The van der Waals surface area contributed by atoms with Crippen molar-refractivity contribution in [3.8, 4) is 22.4 Å². The summed E-state index contributed by atoms with van der Waals surface area (Å²) in [5, 5.41) is 2.14. The molecule has 0 aliphatic carbocycles. The van der Waals surface area contributed by atoms with E-state index < -0.39 is 0 Å². The minimum absolute atomic E-state index is 0.679. The maximum atomic E-state index is 6.08. The van der Waals surface area contributed by atoms with Gasteiger partial charge in [-0.3, -0.25) is 0 Å². The summed E-state index contributed by atoms with van der Waals surface area (Å²) in [4.78, 5) is 4.36. The fraction of sp³-hybridized carbons (Fsp3) is 0.0435. The molecule has 0 amide bonds. The van der Waals surface area contributed by atoms with Crippen LogP contribution in [0.15, 0.2) is 89.6 Å². The van der Waals surface area contributed by atoms with E-state index >= 15 is 0 Å². The first kappa shape index (κ1) is 14.8. The molecule has 5 rings (SSSR count). The first-order chi connectivity index (χ1) is 12.8. The Morgan fingerprint density at radius 1 is 0.769 bits per heavy atom. The van der Waals surface area contributed by atoms with E-state index in [0.29, 0.717) is 5.71 Å². The summed E-state index contributed by atoms with van der Waals surface area (Å²) in [6.07, 6.45) is 3.92. The molecule has 0 fully saturated rings. The number of aryl methyl sites for hydroxylation is 1. The number of fused-ring (bicyclic) bond motifs is 3. The van der Waals surface area contributed by atoms with E-state index in [2.05, 4.69) is 83.5 Å². The molecule has 0 saturated carbocycles. The molecule has 3 aromatic heterocycles. The lowest BCUT2D eigenvalue weighted by Crippen LogP contribution is -2.30. The molecular weight excluding hydrogens is 320 g/mol. The Hall–Kier alpha value is -3.46. The lowest BCUT2D eigenvalue weighted by Gasteiger charge is -2.04. The van der Waals surface area contributed by atoms with Gasteiger partial charge < -0.3 is 4.42 Å². The SMILES string of the molecule is C[n+]1cc(-c2ccccc2)ccc1-c1cccc2c1oc1ncccc12. The average Bonchev–Trinajstić information content (AvgIpc) is 3.08. The molecule has 3 heteroatoms. The van der Waals surface area contributed by atoms with Crippen molar-refractivity contribution in [3.63, 3.8) is 0 Å². The van der Waals surface area contributed by atoms with Crippen molar-refractivity contribution in [1.82, 2.24) is 4.98 Å². The predicted octanol–water partition coefficient (Wildman–Crippen LogP) is 5.14. The number of furan rings is 1. The van der Waals surface area contributed by atoms with Crippen LogP contribution in [0.2, 0.25) is 0 Å². The van der Waals surface area contributed by atoms with Gasteiger partial charge in [0.2, 0.25) is 11.4 Å². The minimum atomic E-state index is 0.679. The Bertz CT molecular complexity index is 1240. The second-order valence-electron chi connectivity index (χ2n) is 6.42. The molecule has 26 heavy (non-hydrogen) atoms. The Balaban J connectivity index is 1.71. The Morgan fingerprint density at radius 3 is 2.46 bits per heavy atom. The summed E-state index contributed by atoms with van der Waals surface area (Å²) >= 11 is 0. The molecule has 0 bridgehead atoms. The normalized spacial score (nSPS) is 11.3. The third-order valence-corrected chi connectivity index (χ3v) is 4.79. The van der Waals surface area contributed by atoms with Gasteiger partial charge >= 0.3 is 0 Å². The third-order valence-electron chi connectivity index (χ3n) is 4.79. The summed E-state index contributed by atoms with van der Waals surface area (Å²) in [6, 6.07) is 25.0. The van der Waals surface area contributed by atoms with Gasteiger partial charge in [0.15, 0.2) is 11.8 Å². The molecule has 124 valence electrons. The second-order valence-corrected chi connectivity index (χ2v) is 6.42. The van der Waals surface area contributed by atoms with Gasteiger partial charge in [0.05, 0.1) is 5.56 Å². The summed E-state index contributed by atoms with van der Waals surface area (Å²) in [6.45, 7) is 0. The number of rotatable bonds is 2. The van der Waals surface area contributed by atoms with E-state index in [1.807, 2.05) is 12.1 Å². The molecule has 0 aliphatic heterocycles. The van der Waals surface area contributed by atoms with Crippen LogP contribution in [0.3, 0.4) is 0 Å². The quantitative estimate of drug-likeness (QED) is 0.418. The zero-order chi connectivity index (χ0) is 17.5. The lowest BCUT2D eigenvalue weighted by molar-refractivity contribution is -0.659. The molecule has 5 aromatic rings. The Labute approximate surface area is 151 Å². The van der Waals surface area contributed by atoms with E-state index in [9.17, 15) is 0 Å². The number of aromatic nitrogens is 2. The molecule has 0 unspecified atom stereocenters. The molecule has 0 atom stereocenters. The van der Waals surface area contributed by atoms with Gasteiger partial charge in [0.25, 0.3) is 0 Å². The predicted molar refractivity (Wildman–Crippen MR) is 104 cm³/mol. The average molecular weight is 337 g/mol. The number of pyridine rings is 2. The largest absolute Gasteiger partial charge is 0.437 e. The van der Waals surface area contributed by atoms with E-state index in [0.717, 1.165) is 27.6 Å². The molecular formula is C23H17N2O+. The van der Waals surface area contributed by atoms with Crippen LogP contribution in [0, 0.1) is 0 Å². The zero-order valence-corrected chi connectivity index (χ0v) is 14.4. The number of hydrogen-bond donors (Lipinski definition) is 0. The fourth-order valence-electron chi connectivity index (χ4n) is 3.52. The highest BCUT2D eigenvalue weighted by Crippen LogP contribution is 2.34. The highest BCUT2D eigenvalue weighted by atomic mass is 16.3. The monoisotopic (exact) mass is 337 g/mol. The van der Waals surface area contributed by atoms with Crippen molar-refractivity contribution >= 4 is 22.1 Å². The summed E-state index contributed by atoms with van der Waals surface area (Å²) < 4.78 is 8.23. The summed E-state index contributed by atoms with van der Waals surface area (Å²) in [5.74, 6) is 0. The van der Waals surface area contributed by atoms with Gasteiger partial charge in [-0.1, -0.05) is 42.5 Å². The van der Waals surface area contributed by atoms with E-state index in [1.165, 1.54) is 11.1 Å². The van der Waals surface area contributed by atoms with Gasteiger partial charge in [-0.15, -0.1) is 0 Å². The maximum absolute atomic E-state index is 6.08. The number of hydrogen-bond acceptors (Lipinski definition) is 2. The van der Waals surface area contributed by atoms with Crippen LogP contribution in [0.5, 0.6) is 0 Å². The molecule has 0 radical (unpaired) electrons. The third kappa shape index (κ3) is 2.29. The van der Waals surface area contributed by atoms with E-state index in [4.69, 9.17) is 4.42 Å². The van der Waals surface area contributed by atoms with Crippen LogP contribution < -0.4 is 4.57 Å². The molecule has 0 saturated heterocycles. The van der Waals surface area contributed by atoms with Crippen LogP contribution in [-0.2, 0) is 7.05 Å². The fourth-order valence-corrected chi connectivity index (χ4v) is 3.52. The molecule has 0 aliphatic rings. The van der Waals surface area contributed by atoms with Crippen LogP contribution in [-0.4, -0.2) is 4.98 Å². The van der Waals surface area contributed by atoms with Gasteiger partial charge in [0.1, 0.15) is 7.05 Å². The van der Waals surface area contributed by atoms with Crippen molar-refractivity contribution in [2.45, 2.75) is 0 Å². The molecule has 0 spiro atoms. The molecule has 3 heterocycles. The summed E-state index contributed by atoms with van der Waals surface area (Å²) in [5.41, 5.74) is 6.14. The maximum Gasteiger partial charge on any atom is 0.227 e. The number of benzene rings is 2. The van der Waals surface area contributed by atoms with Gasteiger partial charge in [-0.25, -0.2) is 9.55 Å². The van der Waals surface area contributed by atoms with Crippen LogP contribution in [0.1, 0.15) is 0 Å². The zero-order valence-electron chi connectivity index (χ0n) is 14.4. The molecule has 3 nitrogen and oxygen atoms in total. The van der Waals surface area contributed by atoms with E-state index in [-0.39, 0.29) is 0 Å². The first-order valence-corrected chi connectivity index (χ1v) is 8.63. The van der Waals surface area contributed by atoms with Crippen molar-refractivity contribution in [2.75, 3.05) is 0 Å². The summed E-state index contributed by atoms with van der Waals surface area (Å²) in [7, 11) is 2.07. The smallest absolute Gasteiger partial charge is 0.227 e. The number of para-hydroxylation sites is 1. The van der Waals surface area contributed by atoms with Crippen LogP contribution >= 0.6 is 0 Å². The standard InChI is InChI=1S/C23H17N2O/c1-25-15-17(16-7-3-2-4-8-16)12-13-21(25)20-10-5-9-18-19-11-6-14-24-23(19)26-22(18)20/h2-15H,1H3/q+1. The van der Waals surface area contributed by atoms with E-state index in [1.54, 1.807) is 6.20 Å². The van der Waals surface area contributed by atoms with Crippen molar-refractivity contribution in [3.05, 3.63) is 85.2 Å². The van der Waals surface area contributed by atoms with Gasteiger partial charge in [-0.05, 0) is 29.8 Å². The second kappa shape index (κ2) is 5.81. The van der Waals surface area contributed by atoms with Crippen molar-refractivity contribution < 1.29 is 8.98 Å². The first-order valence-electron chi connectivity index (χ1n) is 8.63. The molecule has 2 aromatic carbocycles.